The second-order valence-electron chi connectivity index (χ2n) is 8.49. The molecule has 7 aromatic rings. The summed E-state index contributed by atoms with van der Waals surface area (Å²) in [5.41, 5.74) is 3.15. The maximum Gasteiger partial charge on any atom is 0.0991 e. The van der Waals surface area contributed by atoms with E-state index in [9.17, 15) is 5.26 Å². The van der Waals surface area contributed by atoms with E-state index in [1.165, 1.54) is 58.2 Å². The van der Waals surface area contributed by atoms with Crippen molar-refractivity contribution in [3.05, 3.63) is 109 Å². The molecular formula is C31H17NS. The summed E-state index contributed by atoms with van der Waals surface area (Å²) >= 11 is 1.78. The SMILES string of the molecule is N#Cc1ccc2sc3ccc(-c4cc5c6ccccc6ccc5c5ccccc45)cc3c2c1. The number of thiophene rings is 1. The molecule has 0 aliphatic heterocycles. The molecule has 6 aromatic carbocycles. The van der Waals surface area contributed by atoms with Crippen LogP contribution in [-0.4, -0.2) is 0 Å². The van der Waals surface area contributed by atoms with Gasteiger partial charge in [-0.1, -0.05) is 66.7 Å². The van der Waals surface area contributed by atoms with Gasteiger partial charge in [0.1, 0.15) is 0 Å². The minimum absolute atomic E-state index is 0.704. The molecule has 0 saturated carbocycles. The Balaban J connectivity index is 1.60. The van der Waals surface area contributed by atoms with Crippen LogP contribution in [0.5, 0.6) is 0 Å². The number of hydrogen-bond acceptors (Lipinski definition) is 2. The molecule has 2 heteroatoms. The number of hydrogen-bond donors (Lipinski definition) is 0. The Morgan fingerprint density at radius 2 is 1.21 bits per heavy atom. The normalized spacial score (nSPS) is 11.6. The number of rotatable bonds is 1. The molecule has 152 valence electrons. The Hall–Kier alpha value is -4.19. The van der Waals surface area contributed by atoms with E-state index < -0.39 is 0 Å². The van der Waals surface area contributed by atoms with Crippen molar-refractivity contribution in [3.8, 4) is 17.2 Å². The summed E-state index contributed by atoms with van der Waals surface area (Å²) in [5.74, 6) is 0. The molecular weight excluding hydrogens is 418 g/mol. The van der Waals surface area contributed by atoms with E-state index in [1.807, 2.05) is 12.1 Å². The third kappa shape index (κ3) is 2.70. The lowest BCUT2D eigenvalue weighted by Gasteiger charge is -2.13. The van der Waals surface area contributed by atoms with E-state index in [-0.39, 0.29) is 0 Å². The fraction of sp³-hybridized carbons (Fsp3) is 0. The minimum Gasteiger partial charge on any atom is -0.192 e. The predicted molar refractivity (Wildman–Crippen MR) is 142 cm³/mol. The molecule has 0 saturated heterocycles. The monoisotopic (exact) mass is 435 g/mol. The van der Waals surface area contributed by atoms with E-state index in [0.717, 1.165) is 5.39 Å². The lowest BCUT2D eigenvalue weighted by atomic mass is 9.90. The zero-order valence-electron chi connectivity index (χ0n) is 17.7. The van der Waals surface area contributed by atoms with Crippen molar-refractivity contribution in [1.29, 1.82) is 5.26 Å². The summed E-state index contributed by atoms with van der Waals surface area (Å²) in [7, 11) is 0. The van der Waals surface area contributed by atoms with Gasteiger partial charge in [0.2, 0.25) is 0 Å². The van der Waals surface area contributed by atoms with Crippen molar-refractivity contribution in [3.63, 3.8) is 0 Å². The van der Waals surface area contributed by atoms with E-state index in [2.05, 4.69) is 97.1 Å². The van der Waals surface area contributed by atoms with Crippen LogP contribution in [0.1, 0.15) is 5.56 Å². The first-order valence-electron chi connectivity index (χ1n) is 11.0. The van der Waals surface area contributed by atoms with Crippen LogP contribution in [0.25, 0.3) is 63.6 Å². The molecule has 0 aliphatic carbocycles. The number of nitrogens with zero attached hydrogens (tertiary/aromatic N) is 1. The average molecular weight is 436 g/mol. The quantitative estimate of drug-likeness (QED) is 0.236. The van der Waals surface area contributed by atoms with E-state index in [4.69, 9.17) is 0 Å². The van der Waals surface area contributed by atoms with Crippen molar-refractivity contribution in [2.75, 3.05) is 0 Å². The lowest BCUT2D eigenvalue weighted by Crippen LogP contribution is -1.86. The maximum atomic E-state index is 9.40. The lowest BCUT2D eigenvalue weighted by molar-refractivity contribution is 1.50. The van der Waals surface area contributed by atoms with Gasteiger partial charge in [-0.2, -0.15) is 5.26 Å². The number of benzene rings is 6. The number of fused-ring (bicyclic) bond motifs is 8. The fourth-order valence-corrected chi connectivity index (χ4v) is 6.18. The second kappa shape index (κ2) is 6.90. The first-order valence-corrected chi connectivity index (χ1v) is 11.8. The highest BCUT2D eigenvalue weighted by Crippen LogP contribution is 2.41. The van der Waals surface area contributed by atoms with Gasteiger partial charge in [-0.05, 0) is 79.8 Å². The molecule has 0 spiro atoms. The van der Waals surface area contributed by atoms with Crippen LogP contribution >= 0.6 is 11.3 Å². The summed E-state index contributed by atoms with van der Waals surface area (Å²) in [5, 5.41) is 19.4. The topological polar surface area (TPSA) is 23.8 Å². The molecule has 1 aromatic heterocycles. The van der Waals surface area contributed by atoms with Gasteiger partial charge in [0.05, 0.1) is 11.6 Å². The molecule has 0 N–H and O–H groups in total. The van der Waals surface area contributed by atoms with Crippen molar-refractivity contribution in [2.45, 2.75) is 0 Å². The van der Waals surface area contributed by atoms with Crippen molar-refractivity contribution in [1.82, 2.24) is 0 Å². The fourth-order valence-electron chi connectivity index (χ4n) is 5.11. The zero-order valence-corrected chi connectivity index (χ0v) is 18.5. The van der Waals surface area contributed by atoms with Crippen LogP contribution in [0.15, 0.2) is 103 Å². The minimum atomic E-state index is 0.704. The molecule has 0 atom stereocenters. The molecule has 0 unspecified atom stereocenters. The van der Waals surface area contributed by atoms with E-state index >= 15 is 0 Å². The number of nitriles is 1. The Kier molecular flexibility index (Phi) is 3.85. The standard InChI is InChI=1S/C31H17NS/c32-18-19-9-13-30-28(15-19)29-16-21(11-14-31(29)33-30)26-17-27-22-6-2-1-5-20(22)10-12-25(27)23-7-3-4-8-24(23)26/h1-17H. The van der Waals surface area contributed by atoms with Gasteiger partial charge in [0.25, 0.3) is 0 Å². The van der Waals surface area contributed by atoms with Crippen LogP contribution in [0, 0.1) is 11.3 Å². The summed E-state index contributed by atoms with van der Waals surface area (Å²) in [6.07, 6.45) is 0. The van der Waals surface area contributed by atoms with Gasteiger partial charge < -0.3 is 0 Å². The summed E-state index contributed by atoms with van der Waals surface area (Å²) in [4.78, 5) is 0. The smallest absolute Gasteiger partial charge is 0.0991 e. The molecule has 0 bridgehead atoms. The molecule has 0 radical (unpaired) electrons. The van der Waals surface area contributed by atoms with Crippen LogP contribution in [0.4, 0.5) is 0 Å². The van der Waals surface area contributed by atoms with Crippen LogP contribution in [-0.2, 0) is 0 Å². The molecule has 7 rings (SSSR count). The molecule has 0 aliphatic rings. The summed E-state index contributed by atoms with van der Waals surface area (Å²) < 4.78 is 2.47. The van der Waals surface area contributed by atoms with Crippen molar-refractivity contribution >= 4 is 63.8 Å². The molecule has 1 nitrogen and oxygen atoms in total. The highest BCUT2D eigenvalue weighted by molar-refractivity contribution is 7.25. The molecule has 0 amide bonds. The van der Waals surface area contributed by atoms with Gasteiger partial charge in [-0.25, -0.2) is 0 Å². The third-order valence-corrected chi connectivity index (χ3v) is 7.83. The predicted octanol–water partition coefficient (Wildman–Crippen LogP) is 9.05. The largest absolute Gasteiger partial charge is 0.192 e. The molecule has 1 heterocycles. The van der Waals surface area contributed by atoms with Crippen molar-refractivity contribution in [2.24, 2.45) is 0 Å². The van der Waals surface area contributed by atoms with Gasteiger partial charge in [-0.15, -0.1) is 11.3 Å². The average Bonchev–Trinajstić information content (AvgIpc) is 3.25. The Morgan fingerprint density at radius 3 is 2.06 bits per heavy atom. The Labute approximate surface area is 194 Å². The first-order chi connectivity index (χ1) is 16.3. The maximum absolute atomic E-state index is 9.40. The Morgan fingerprint density at radius 1 is 0.515 bits per heavy atom. The first kappa shape index (κ1) is 18.4. The highest BCUT2D eigenvalue weighted by Gasteiger charge is 2.13. The van der Waals surface area contributed by atoms with Gasteiger partial charge in [-0.3, -0.25) is 0 Å². The zero-order chi connectivity index (χ0) is 21.9. The molecule has 0 fully saturated rings. The van der Waals surface area contributed by atoms with Crippen LogP contribution in [0.2, 0.25) is 0 Å². The van der Waals surface area contributed by atoms with Crippen LogP contribution < -0.4 is 0 Å². The second-order valence-corrected chi connectivity index (χ2v) is 9.57. The molecule has 33 heavy (non-hydrogen) atoms. The van der Waals surface area contributed by atoms with Crippen molar-refractivity contribution < 1.29 is 0 Å². The summed E-state index contributed by atoms with van der Waals surface area (Å²) in [6.45, 7) is 0. The third-order valence-electron chi connectivity index (χ3n) is 6.68. The Bertz CT molecular complexity index is 1930. The van der Waals surface area contributed by atoms with E-state index in [1.54, 1.807) is 11.3 Å². The van der Waals surface area contributed by atoms with Gasteiger partial charge in [0.15, 0.2) is 0 Å². The van der Waals surface area contributed by atoms with Gasteiger partial charge in [0, 0.05) is 20.2 Å². The van der Waals surface area contributed by atoms with Gasteiger partial charge >= 0.3 is 0 Å². The highest BCUT2D eigenvalue weighted by atomic mass is 32.1. The van der Waals surface area contributed by atoms with E-state index in [0.29, 0.717) is 5.56 Å². The van der Waals surface area contributed by atoms with Crippen LogP contribution in [0.3, 0.4) is 0 Å². The summed E-state index contributed by atoms with van der Waals surface area (Å²) in [6, 6.07) is 39.2.